The molecule has 4 atom stereocenters. The third-order valence-corrected chi connectivity index (χ3v) is 16.4. The van der Waals surface area contributed by atoms with E-state index >= 15 is 0 Å². The van der Waals surface area contributed by atoms with Crippen molar-refractivity contribution in [2.75, 3.05) is 84.3 Å². The molecule has 3 fully saturated rings. The molecule has 0 amide bonds. The van der Waals surface area contributed by atoms with E-state index in [1.807, 2.05) is 106 Å². The van der Waals surface area contributed by atoms with Crippen LogP contribution in [0.3, 0.4) is 0 Å². The summed E-state index contributed by atoms with van der Waals surface area (Å²) in [5, 5.41) is 10.4. The molecule has 0 saturated carbocycles. The lowest BCUT2D eigenvalue weighted by atomic mass is 9.95. The van der Waals surface area contributed by atoms with Crippen LogP contribution < -0.4 is 47.9 Å². The largest absolute Gasteiger partial charge is 0.418 e. The van der Waals surface area contributed by atoms with Crippen molar-refractivity contribution in [3.8, 4) is 0 Å². The molecule has 0 unspecified atom stereocenters. The van der Waals surface area contributed by atoms with Crippen LogP contribution in [-0.2, 0) is 18.5 Å². The van der Waals surface area contributed by atoms with Crippen LogP contribution in [0, 0.1) is 5.92 Å². The number of benzene rings is 3. The lowest BCUT2D eigenvalue weighted by Gasteiger charge is -2.41. The fourth-order valence-corrected chi connectivity index (χ4v) is 11.4. The Balaban J connectivity index is 0.000000511. The van der Waals surface area contributed by atoms with Gasteiger partial charge in [0.25, 0.3) is 0 Å². The molecule has 0 aliphatic carbocycles. The predicted octanol–water partition coefficient (Wildman–Crippen LogP) is 13.4. The van der Waals surface area contributed by atoms with Gasteiger partial charge in [0.15, 0.2) is 0 Å². The quantitative estimate of drug-likeness (QED) is 0.0463. The molecule has 6 aromatic heterocycles. The Morgan fingerprint density at radius 2 is 0.740 bits per heavy atom. The number of alkyl halides is 9. The molecule has 18 nitrogen and oxygen atoms in total. The van der Waals surface area contributed by atoms with Gasteiger partial charge in [-0.3, -0.25) is 14.4 Å². The standard InChI is InChI=1S/C25H26F3N5O.2C22H20F3N5O.8H2/c1-15(2)19-13-33(14-20(31-19)16-7-4-3-5-8-16)21-11-10-18(25(26,27)28)22(32-21)23(34)17-9-6-12-30-24(17)29;2*23-22(24,25)16-8-9-18(29-19(16)20(31)15-7-4-10-28-21(15)26)30-12-11-27-17(13-30)14-5-2-1-3-6-14;;;;;;;;/h3-12,15,19-20,31H,13-14H2,1-2H3,(H2,29,30);2*1-10,17,27H,11-13H2,(H2,26,28);8*1H/t19-,20+;2*17-;;;;;;;;/m110......../s1. The number of hydrogen-bond donors (Lipinski definition) is 6. The van der Waals surface area contributed by atoms with Crippen molar-refractivity contribution in [2.24, 2.45) is 5.92 Å². The second-order valence-electron chi connectivity index (χ2n) is 23.1. The van der Waals surface area contributed by atoms with Gasteiger partial charge in [-0.2, -0.15) is 39.5 Å². The molecule has 9 aromatic rings. The molecule has 12 rings (SSSR count). The van der Waals surface area contributed by atoms with Gasteiger partial charge in [-0.15, -0.1) is 0 Å². The monoisotopic (exact) mass is 1340 g/mol. The Hall–Kier alpha value is -10.4. The summed E-state index contributed by atoms with van der Waals surface area (Å²) in [6.07, 6.45) is -10.1. The first-order chi connectivity index (χ1) is 45.8. The van der Waals surface area contributed by atoms with Crippen LogP contribution in [0.2, 0.25) is 0 Å². The van der Waals surface area contributed by atoms with Gasteiger partial charge in [-0.05, 0) is 95.4 Å². The zero-order chi connectivity index (χ0) is 68.5. The molecule has 0 spiro atoms. The summed E-state index contributed by atoms with van der Waals surface area (Å²) in [6, 6.07) is 44.5. The van der Waals surface area contributed by atoms with Crippen molar-refractivity contribution in [3.63, 3.8) is 0 Å². The normalized spacial score (nSPS) is 17.6. The molecule has 96 heavy (non-hydrogen) atoms. The van der Waals surface area contributed by atoms with Crippen LogP contribution >= 0.6 is 0 Å². The van der Waals surface area contributed by atoms with E-state index in [1.54, 1.807) is 0 Å². The molecule has 3 saturated heterocycles. The summed E-state index contributed by atoms with van der Waals surface area (Å²) < 4.78 is 123. The van der Waals surface area contributed by atoms with Crippen LogP contribution in [0.4, 0.5) is 74.4 Å². The van der Waals surface area contributed by atoms with Gasteiger partial charge in [0.05, 0.1) is 39.4 Å². The zero-order valence-electron chi connectivity index (χ0n) is 51.7. The van der Waals surface area contributed by atoms with Crippen molar-refractivity contribution < 1.29 is 65.3 Å². The lowest BCUT2D eigenvalue weighted by molar-refractivity contribution is -0.138. The number of nitrogens with one attached hydrogen (secondary N) is 3. The predicted molar refractivity (Wildman–Crippen MR) is 363 cm³/mol. The highest BCUT2D eigenvalue weighted by atomic mass is 19.4. The number of carbonyl (C=O) groups is 3. The van der Waals surface area contributed by atoms with E-state index in [2.05, 4.69) is 59.7 Å². The fourth-order valence-electron chi connectivity index (χ4n) is 11.4. The molecule has 9 heterocycles. The number of pyridine rings is 6. The minimum atomic E-state index is -4.75. The second kappa shape index (κ2) is 29.5. The van der Waals surface area contributed by atoms with Gasteiger partial charge in [-0.25, -0.2) is 29.9 Å². The zero-order valence-corrected chi connectivity index (χ0v) is 51.7. The molecule has 0 bridgehead atoms. The van der Waals surface area contributed by atoms with Crippen molar-refractivity contribution >= 4 is 52.3 Å². The second-order valence-corrected chi connectivity index (χ2v) is 23.1. The lowest BCUT2D eigenvalue weighted by Crippen LogP contribution is -2.54. The number of halogens is 9. The number of hydrogen-bond acceptors (Lipinski definition) is 18. The van der Waals surface area contributed by atoms with E-state index in [-0.39, 0.29) is 75.6 Å². The number of nitrogen functional groups attached to an aromatic ring is 3. The average molecular weight is 1340 g/mol. The minimum Gasteiger partial charge on any atom is -0.383 e. The van der Waals surface area contributed by atoms with Gasteiger partial charge in [0.2, 0.25) is 17.3 Å². The Labute approximate surface area is 558 Å². The van der Waals surface area contributed by atoms with Crippen molar-refractivity contribution in [3.05, 3.63) is 250 Å². The van der Waals surface area contributed by atoms with Crippen LogP contribution in [0.25, 0.3) is 0 Å². The van der Waals surface area contributed by atoms with E-state index in [9.17, 15) is 53.9 Å². The third kappa shape index (κ3) is 16.2. The average Bonchev–Trinajstić information content (AvgIpc) is 0.789. The molecule has 0 radical (unpaired) electrons. The van der Waals surface area contributed by atoms with E-state index in [1.165, 1.54) is 73.2 Å². The number of aromatic nitrogens is 6. The Kier molecular flexibility index (Phi) is 21.0. The Bertz CT molecular complexity index is 4050. The fraction of sp³-hybridized carbons (Fsp3) is 0.261. The van der Waals surface area contributed by atoms with Crippen LogP contribution in [-0.4, -0.2) is 106 Å². The first kappa shape index (κ1) is 68.5. The third-order valence-electron chi connectivity index (χ3n) is 16.4. The van der Waals surface area contributed by atoms with E-state index in [0.717, 1.165) is 34.9 Å². The number of rotatable bonds is 13. The molecule has 3 aliphatic rings. The molecular formula is C69H82F9N15O3. The summed E-state index contributed by atoms with van der Waals surface area (Å²) in [5.41, 5.74) is 14.8. The number of piperazine rings is 3. The molecular weight excluding hydrogens is 1260 g/mol. The number of carbonyl (C=O) groups excluding carboxylic acids is 3. The number of anilines is 6. The summed E-state index contributed by atoms with van der Waals surface area (Å²) in [7, 11) is 0. The highest BCUT2D eigenvalue weighted by Crippen LogP contribution is 2.38. The molecule has 3 aromatic carbocycles. The summed E-state index contributed by atoms with van der Waals surface area (Å²) in [4.78, 5) is 68.7. The summed E-state index contributed by atoms with van der Waals surface area (Å²) in [6.45, 7) is 8.57. The smallest absolute Gasteiger partial charge is 0.383 e. The number of nitrogens with two attached hydrogens (primary N) is 3. The molecule has 514 valence electrons. The maximum atomic E-state index is 13.8. The van der Waals surface area contributed by atoms with Crippen molar-refractivity contribution in [2.45, 2.75) is 56.5 Å². The van der Waals surface area contributed by atoms with Crippen molar-refractivity contribution in [1.82, 2.24) is 45.9 Å². The maximum absolute atomic E-state index is 13.8. The van der Waals surface area contributed by atoms with Crippen LogP contribution in [0.15, 0.2) is 182 Å². The van der Waals surface area contributed by atoms with Gasteiger partial charge < -0.3 is 47.9 Å². The molecule has 27 heteroatoms. The molecule has 3 aliphatic heterocycles. The summed E-state index contributed by atoms with van der Waals surface area (Å²) in [5.74, 6) is -1.94. The minimum absolute atomic E-state index is 0. The number of nitrogens with zero attached hydrogens (tertiary/aromatic N) is 9. The summed E-state index contributed by atoms with van der Waals surface area (Å²) >= 11 is 0. The van der Waals surface area contributed by atoms with Gasteiger partial charge >= 0.3 is 18.5 Å². The van der Waals surface area contributed by atoms with Crippen LogP contribution in [0.5, 0.6) is 0 Å². The first-order valence-electron chi connectivity index (χ1n) is 30.5. The van der Waals surface area contributed by atoms with Crippen LogP contribution in [0.1, 0.15) is 125 Å². The van der Waals surface area contributed by atoms with Crippen molar-refractivity contribution in [1.29, 1.82) is 0 Å². The SMILES string of the molecule is CC(C)[C@H]1CN(c2ccc(C(F)(F)F)c(C(=O)c3cccnc3N)n2)C[C@@H](c2ccccc2)N1.Nc1ncccc1C(=O)c1nc(N2CCN[C@@H](c3ccccc3)C2)ccc1C(F)(F)F.Nc1ncccc1C(=O)c1nc(N2CCN[C@H](c3ccccc3)C2)ccc1C(F)(F)F.[HH].[HH].[HH].[HH].[HH].[HH].[HH].[HH]. The van der Waals surface area contributed by atoms with Gasteiger partial charge in [0, 0.05) is 100 Å². The maximum Gasteiger partial charge on any atom is 0.418 e. The van der Waals surface area contributed by atoms with E-state index in [0.29, 0.717) is 69.8 Å². The highest BCUT2D eigenvalue weighted by Gasteiger charge is 2.41. The van der Waals surface area contributed by atoms with Gasteiger partial charge in [-0.1, -0.05) is 105 Å². The Morgan fingerprint density at radius 3 is 1.05 bits per heavy atom. The topological polar surface area (TPSA) is 252 Å². The van der Waals surface area contributed by atoms with Gasteiger partial charge in [0.1, 0.15) is 52.0 Å². The highest BCUT2D eigenvalue weighted by molar-refractivity contribution is 6.13. The Morgan fingerprint density at radius 1 is 0.427 bits per heavy atom. The van der Waals surface area contributed by atoms with E-state index in [4.69, 9.17) is 17.2 Å². The first-order valence-corrected chi connectivity index (χ1v) is 30.5. The molecule has 9 N–H and O–H groups in total. The van der Waals surface area contributed by atoms with E-state index < -0.39 is 69.7 Å². The number of ketones is 3.